The molecular formula is C24H23N3O3. The molecule has 30 heavy (non-hydrogen) atoms. The van der Waals surface area contributed by atoms with E-state index in [2.05, 4.69) is 16.0 Å². The molecule has 4 aromatic rings. The van der Waals surface area contributed by atoms with Gasteiger partial charge in [0, 0.05) is 23.4 Å². The van der Waals surface area contributed by atoms with Crippen LogP contribution in [0.2, 0.25) is 0 Å². The highest BCUT2D eigenvalue weighted by molar-refractivity contribution is 6.08. The second-order valence-electron chi connectivity index (χ2n) is 7.59. The van der Waals surface area contributed by atoms with Gasteiger partial charge in [0.05, 0.1) is 5.52 Å². The summed E-state index contributed by atoms with van der Waals surface area (Å²) < 4.78 is 0. The predicted molar refractivity (Wildman–Crippen MR) is 118 cm³/mol. The van der Waals surface area contributed by atoms with Crippen LogP contribution in [-0.2, 0) is 24.1 Å². The molecule has 0 radical (unpaired) electrons. The summed E-state index contributed by atoms with van der Waals surface area (Å²) in [7, 11) is 0. The van der Waals surface area contributed by atoms with E-state index in [1.54, 1.807) is 12.1 Å². The van der Waals surface area contributed by atoms with Crippen LogP contribution in [0.5, 0.6) is 5.75 Å². The summed E-state index contributed by atoms with van der Waals surface area (Å²) in [4.78, 5) is 19.9. The molecule has 0 spiro atoms. The van der Waals surface area contributed by atoms with Gasteiger partial charge in [-0.3, -0.25) is 9.78 Å². The topological polar surface area (TPSA) is 109 Å². The average Bonchev–Trinajstić information content (AvgIpc) is 2.71. The van der Waals surface area contributed by atoms with Gasteiger partial charge in [0.2, 0.25) is 0 Å². The number of nitrogen functional groups attached to an aromatic ring is 1. The fourth-order valence-corrected chi connectivity index (χ4v) is 3.78. The molecule has 0 aliphatic carbocycles. The zero-order valence-corrected chi connectivity index (χ0v) is 16.7. The second kappa shape index (κ2) is 7.99. The first-order chi connectivity index (χ1) is 14.4. The van der Waals surface area contributed by atoms with E-state index < -0.39 is 5.97 Å². The van der Waals surface area contributed by atoms with Gasteiger partial charge < -0.3 is 15.9 Å². The molecule has 0 unspecified atom stereocenters. The van der Waals surface area contributed by atoms with Crippen LogP contribution in [0.4, 0.5) is 5.82 Å². The van der Waals surface area contributed by atoms with Gasteiger partial charge in [0.15, 0.2) is 5.82 Å². The molecule has 0 saturated heterocycles. The number of pyridine rings is 2. The third-order valence-corrected chi connectivity index (χ3v) is 5.42. The molecule has 0 bridgehead atoms. The second-order valence-corrected chi connectivity index (χ2v) is 7.59. The van der Waals surface area contributed by atoms with Gasteiger partial charge in [-0.2, -0.15) is 0 Å². The number of nitrogens with zero attached hydrogens (tertiary/aromatic N) is 2. The van der Waals surface area contributed by atoms with Gasteiger partial charge in [-0.1, -0.05) is 18.2 Å². The van der Waals surface area contributed by atoms with Crippen LogP contribution in [0.3, 0.4) is 0 Å². The molecule has 0 saturated carbocycles. The first-order valence-electron chi connectivity index (χ1n) is 9.88. The minimum absolute atomic E-state index is 0.0803. The number of phenolic OH excluding ortho intramolecular Hbond substituents is 1. The maximum Gasteiger partial charge on any atom is 0.303 e. The molecule has 6 heteroatoms. The van der Waals surface area contributed by atoms with E-state index >= 15 is 0 Å². The maximum atomic E-state index is 10.8. The van der Waals surface area contributed by atoms with Crippen molar-refractivity contribution in [3.8, 4) is 5.75 Å². The Hall–Kier alpha value is -3.67. The molecule has 4 rings (SSSR count). The Morgan fingerprint density at radius 1 is 1.00 bits per heavy atom. The lowest BCUT2D eigenvalue weighted by Crippen LogP contribution is -2.00. The number of rotatable bonds is 6. The number of aliphatic carboxylic acids is 1. The number of phenols is 1. The number of carbonyl (C=O) groups is 1. The normalized spacial score (nSPS) is 11.2. The highest BCUT2D eigenvalue weighted by Gasteiger charge is 2.10. The van der Waals surface area contributed by atoms with E-state index in [0.717, 1.165) is 45.8 Å². The number of carboxylic acids is 1. The third kappa shape index (κ3) is 4.03. The van der Waals surface area contributed by atoms with Crippen molar-refractivity contribution in [3.63, 3.8) is 0 Å². The number of aromatic nitrogens is 2. The zero-order valence-electron chi connectivity index (χ0n) is 16.7. The van der Waals surface area contributed by atoms with Crippen molar-refractivity contribution in [1.29, 1.82) is 0 Å². The summed E-state index contributed by atoms with van der Waals surface area (Å²) in [6.07, 6.45) is 4.03. The number of nitrogens with two attached hydrogens (primary N) is 1. The lowest BCUT2D eigenvalue weighted by atomic mass is 9.99. The van der Waals surface area contributed by atoms with Gasteiger partial charge in [0.1, 0.15) is 11.3 Å². The number of carboxylic acid groups (broad SMARTS) is 1. The van der Waals surface area contributed by atoms with Crippen molar-refractivity contribution >= 4 is 33.6 Å². The van der Waals surface area contributed by atoms with Crippen LogP contribution in [0.1, 0.15) is 28.7 Å². The van der Waals surface area contributed by atoms with Gasteiger partial charge in [0.25, 0.3) is 0 Å². The fourth-order valence-electron chi connectivity index (χ4n) is 3.78. The van der Waals surface area contributed by atoms with Crippen LogP contribution in [-0.4, -0.2) is 26.2 Å². The lowest BCUT2D eigenvalue weighted by Gasteiger charge is -2.10. The SMILES string of the molecule is Cc1cc(O)ccc1CCc1cnc2c(N)nc3cc(CCC(=O)O)ccc3c2c1. The summed E-state index contributed by atoms with van der Waals surface area (Å²) in [6, 6.07) is 13.4. The highest BCUT2D eigenvalue weighted by Crippen LogP contribution is 2.28. The van der Waals surface area contributed by atoms with E-state index in [9.17, 15) is 9.90 Å². The monoisotopic (exact) mass is 401 g/mol. The number of anilines is 1. The van der Waals surface area contributed by atoms with Crippen molar-refractivity contribution in [2.75, 3.05) is 5.73 Å². The smallest absolute Gasteiger partial charge is 0.303 e. The number of aromatic hydroxyl groups is 1. The van der Waals surface area contributed by atoms with Gasteiger partial charge in [-0.05, 0) is 72.7 Å². The van der Waals surface area contributed by atoms with E-state index in [-0.39, 0.29) is 12.2 Å². The molecule has 0 fully saturated rings. The number of fused-ring (bicyclic) bond motifs is 3. The molecule has 152 valence electrons. The van der Waals surface area contributed by atoms with Crippen LogP contribution < -0.4 is 5.73 Å². The average molecular weight is 401 g/mol. The fraction of sp³-hybridized carbons (Fsp3) is 0.208. The Morgan fingerprint density at radius 2 is 1.83 bits per heavy atom. The van der Waals surface area contributed by atoms with Crippen molar-refractivity contribution in [2.45, 2.75) is 32.6 Å². The quantitative estimate of drug-likeness (QED) is 0.418. The molecule has 0 amide bonds. The highest BCUT2D eigenvalue weighted by atomic mass is 16.4. The van der Waals surface area contributed by atoms with Crippen LogP contribution in [0.15, 0.2) is 48.7 Å². The van der Waals surface area contributed by atoms with Gasteiger partial charge >= 0.3 is 5.97 Å². The van der Waals surface area contributed by atoms with Crippen molar-refractivity contribution in [2.24, 2.45) is 0 Å². The first kappa shape index (κ1) is 19.6. The Morgan fingerprint density at radius 3 is 2.60 bits per heavy atom. The largest absolute Gasteiger partial charge is 0.508 e. The standard InChI is InChI=1S/C24H23N3O3/c1-14-10-18(28)7-6-17(14)5-2-16-11-20-19-8-3-15(4-9-22(29)30)12-21(19)27-24(25)23(20)26-13-16/h3,6-8,10-13,28H,2,4-5,9H2,1H3,(H2,25,27)(H,29,30). The Bertz CT molecular complexity index is 1270. The molecule has 2 aromatic carbocycles. The number of benzene rings is 2. The summed E-state index contributed by atoms with van der Waals surface area (Å²) in [6.45, 7) is 2.00. The Labute approximate surface area is 174 Å². The van der Waals surface area contributed by atoms with Crippen molar-refractivity contribution in [3.05, 3.63) is 70.9 Å². The molecule has 6 nitrogen and oxygen atoms in total. The summed E-state index contributed by atoms with van der Waals surface area (Å²) in [5, 5.41) is 20.4. The van der Waals surface area contributed by atoms with E-state index in [4.69, 9.17) is 10.8 Å². The lowest BCUT2D eigenvalue weighted by molar-refractivity contribution is -0.136. The van der Waals surface area contributed by atoms with E-state index in [0.29, 0.717) is 17.8 Å². The molecule has 2 heterocycles. The predicted octanol–water partition coefficient (Wildman–Crippen LogP) is 4.18. The molecule has 0 aliphatic rings. The first-order valence-corrected chi connectivity index (χ1v) is 9.88. The number of hydrogen-bond acceptors (Lipinski definition) is 5. The zero-order chi connectivity index (χ0) is 21.3. The van der Waals surface area contributed by atoms with E-state index in [1.807, 2.05) is 37.4 Å². The van der Waals surface area contributed by atoms with Crippen LogP contribution in [0.25, 0.3) is 21.8 Å². The summed E-state index contributed by atoms with van der Waals surface area (Å²) >= 11 is 0. The summed E-state index contributed by atoms with van der Waals surface area (Å²) in [5.74, 6) is -0.173. The Balaban J connectivity index is 1.67. The van der Waals surface area contributed by atoms with Crippen LogP contribution in [0, 0.1) is 6.92 Å². The Kier molecular flexibility index (Phi) is 5.23. The molecule has 0 aliphatic heterocycles. The molecular weight excluding hydrogens is 378 g/mol. The van der Waals surface area contributed by atoms with Gasteiger partial charge in [-0.15, -0.1) is 0 Å². The third-order valence-electron chi connectivity index (χ3n) is 5.42. The number of hydrogen-bond donors (Lipinski definition) is 3. The van der Waals surface area contributed by atoms with Gasteiger partial charge in [-0.25, -0.2) is 4.98 Å². The minimum atomic E-state index is -0.821. The van der Waals surface area contributed by atoms with Crippen molar-refractivity contribution in [1.82, 2.24) is 9.97 Å². The van der Waals surface area contributed by atoms with Crippen LogP contribution >= 0.6 is 0 Å². The molecule has 0 atom stereocenters. The minimum Gasteiger partial charge on any atom is -0.508 e. The number of aryl methyl sites for hydroxylation is 4. The molecule has 2 aromatic heterocycles. The molecule has 4 N–H and O–H groups in total. The summed E-state index contributed by atoms with van der Waals surface area (Å²) in [5.41, 5.74) is 11.8. The maximum absolute atomic E-state index is 10.8. The van der Waals surface area contributed by atoms with Crippen molar-refractivity contribution < 1.29 is 15.0 Å². The van der Waals surface area contributed by atoms with E-state index in [1.165, 1.54) is 5.56 Å².